The van der Waals surface area contributed by atoms with Crippen LogP contribution in [0.1, 0.15) is 16.8 Å². The fourth-order valence-electron chi connectivity index (χ4n) is 1.06. The average Bonchev–Trinajstić information content (AvgIpc) is 2.20. The minimum Gasteiger partial charge on any atom is -0.490 e. The average molecular weight is 214 g/mol. The van der Waals surface area contributed by atoms with Crippen molar-refractivity contribution in [3.63, 3.8) is 0 Å². The van der Waals surface area contributed by atoms with Gasteiger partial charge in [0.1, 0.15) is 5.56 Å². The lowest BCUT2D eigenvalue weighted by molar-refractivity contribution is 0.0691. The van der Waals surface area contributed by atoms with E-state index in [4.69, 9.17) is 14.9 Å². The Morgan fingerprint density at radius 2 is 2.20 bits per heavy atom. The molecule has 0 heterocycles. The number of ether oxygens (including phenoxy) is 1. The van der Waals surface area contributed by atoms with E-state index in [9.17, 15) is 9.18 Å². The van der Waals surface area contributed by atoms with Crippen molar-refractivity contribution in [2.75, 3.05) is 13.2 Å². The SMILES string of the molecule is O=C(O)c1cccc(F)c1OCCCO. The molecular formula is C10H11FO4. The molecular weight excluding hydrogens is 203 g/mol. The maximum Gasteiger partial charge on any atom is 0.339 e. The molecule has 5 heteroatoms. The first-order chi connectivity index (χ1) is 7.16. The van der Waals surface area contributed by atoms with E-state index in [0.717, 1.165) is 6.07 Å². The number of hydrogen-bond donors (Lipinski definition) is 2. The zero-order valence-corrected chi connectivity index (χ0v) is 7.94. The van der Waals surface area contributed by atoms with Crippen LogP contribution in [0.15, 0.2) is 18.2 Å². The standard InChI is InChI=1S/C10H11FO4/c11-8-4-1-3-7(10(13)14)9(8)15-6-2-5-12/h1,3-4,12H,2,5-6H2,(H,13,14). The summed E-state index contributed by atoms with van der Waals surface area (Å²) < 4.78 is 18.1. The Labute approximate surface area is 85.9 Å². The second-order valence-corrected chi connectivity index (χ2v) is 2.85. The highest BCUT2D eigenvalue weighted by molar-refractivity contribution is 5.90. The van der Waals surface area contributed by atoms with Crippen LogP contribution in [-0.2, 0) is 0 Å². The molecule has 0 aromatic heterocycles. The number of aliphatic hydroxyl groups is 1. The Morgan fingerprint density at radius 1 is 1.47 bits per heavy atom. The van der Waals surface area contributed by atoms with Crippen LogP contribution in [0.5, 0.6) is 5.75 Å². The monoisotopic (exact) mass is 214 g/mol. The molecule has 4 nitrogen and oxygen atoms in total. The Morgan fingerprint density at radius 3 is 2.80 bits per heavy atom. The molecule has 0 aliphatic heterocycles. The number of halogens is 1. The topological polar surface area (TPSA) is 66.8 Å². The van der Waals surface area contributed by atoms with Gasteiger partial charge >= 0.3 is 5.97 Å². The Hall–Kier alpha value is -1.62. The molecule has 0 atom stereocenters. The van der Waals surface area contributed by atoms with E-state index in [-0.39, 0.29) is 24.5 Å². The summed E-state index contributed by atoms with van der Waals surface area (Å²) in [5.41, 5.74) is -0.215. The summed E-state index contributed by atoms with van der Waals surface area (Å²) in [5.74, 6) is -2.24. The van der Waals surface area contributed by atoms with Crippen molar-refractivity contribution in [1.29, 1.82) is 0 Å². The van der Waals surface area contributed by atoms with Crippen LogP contribution in [0.25, 0.3) is 0 Å². The van der Waals surface area contributed by atoms with Crippen molar-refractivity contribution >= 4 is 5.97 Å². The van der Waals surface area contributed by atoms with Crippen molar-refractivity contribution < 1.29 is 24.1 Å². The van der Waals surface area contributed by atoms with Crippen molar-refractivity contribution in [2.24, 2.45) is 0 Å². The van der Waals surface area contributed by atoms with E-state index in [0.29, 0.717) is 6.42 Å². The van der Waals surface area contributed by atoms with Gasteiger partial charge in [0.25, 0.3) is 0 Å². The normalized spacial score (nSPS) is 10.0. The van der Waals surface area contributed by atoms with Gasteiger partial charge in [-0.25, -0.2) is 9.18 Å². The van der Waals surface area contributed by atoms with E-state index in [1.165, 1.54) is 12.1 Å². The van der Waals surface area contributed by atoms with Gasteiger partial charge in [-0.15, -0.1) is 0 Å². The third-order valence-corrected chi connectivity index (χ3v) is 1.75. The fourth-order valence-corrected chi connectivity index (χ4v) is 1.06. The van der Waals surface area contributed by atoms with Crippen LogP contribution in [0.2, 0.25) is 0 Å². The molecule has 0 bridgehead atoms. The molecule has 0 fully saturated rings. The minimum absolute atomic E-state index is 0.0811. The van der Waals surface area contributed by atoms with Crippen molar-refractivity contribution in [3.05, 3.63) is 29.6 Å². The molecule has 0 saturated heterocycles. The molecule has 0 aliphatic carbocycles. The lowest BCUT2D eigenvalue weighted by atomic mass is 10.2. The van der Waals surface area contributed by atoms with E-state index in [1.54, 1.807) is 0 Å². The molecule has 82 valence electrons. The lowest BCUT2D eigenvalue weighted by Gasteiger charge is -2.08. The number of aliphatic hydroxyl groups excluding tert-OH is 1. The van der Waals surface area contributed by atoms with Gasteiger partial charge < -0.3 is 14.9 Å². The lowest BCUT2D eigenvalue weighted by Crippen LogP contribution is -2.07. The van der Waals surface area contributed by atoms with E-state index in [2.05, 4.69) is 0 Å². The number of benzene rings is 1. The highest BCUT2D eigenvalue weighted by Gasteiger charge is 2.15. The fraction of sp³-hybridized carbons (Fsp3) is 0.300. The number of para-hydroxylation sites is 1. The van der Waals surface area contributed by atoms with Crippen molar-refractivity contribution in [2.45, 2.75) is 6.42 Å². The molecule has 1 aromatic carbocycles. The molecule has 1 aromatic rings. The molecule has 15 heavy (non-hydrogen) atoms. The summed E-state index contributed by atoms with van der Waals surface area (Å²) >= 11 is 0. The second kappa shape index (κ2) is 5.31. The molecule has 0 spiro atoms. The van der Waals surface area contributed by atoms with Crippen LogP contribution in [0.3, 0.4) is 0 Å². The van der Waals surface area contributed by atoms with Gasteiger partial charge in [0, 0.05) is 13.0 Å². The number of carboxylic acid groups (broad SMARTS) is 1. The van der Waals surface area contributed by atoms with Crippen LogP contribution in [0, 0.1) is 5.82 Å². The molecule has 0 saturated carbocycles. The molecule has 0 radical (unpaired) electrons. The van der Waals surface area contributed by atoms with Gasteiger partial charge in [-0.05, 0) is 12.1 Å². The zero-order valence-electron chi connectivity index (χ0n) is 7.94. The van der Waals surface area contributed by atoms with E-state index < -0.39 is 11.8 Å². The summed E-state index contributed by atoms with van der Waals surface area (Å²) in [4.78, 5) is 10.7. The first-order valence-electron chi connectivity index (χ1n) is 4.42. The third kappa shape index (κ3) is 2.92. The predicted octanol–water partition coefficient (Wildman–Crippen LogP) is 1.29. The van der Waals surface area contributed by atoms with Crippen molar-refractivity contribution in [1.82, 2.24) is 0 Å². The molecule has 0 amide bonds. The van der Waals surface area contributed by atoms with Gasteiger partial charge in [-0.1, -0.05) is 6.07 Å². The number of aromatic carboxylic acids is 1. The smallest absolute Gasteiger partial charge is 0.339 e. The van der Waals surface area contributed by atoms with E-state index in [1.807, 2.05) is 0 Å². The first-order valence-corrected chi connectivity index (χ1v) is 4.42. The number of carboxylic acids is 1. The minimum atomic E-state index is -1.24. The largest absolute Gasteiger partial charge is 0.490 e. The number of carbonyl (C=O) groups is 1. The first kappa shape index (κ1) is 11.5. The third-order valence-electron chi connectivity index (χ3n) is 1.75. The Balaban J connectivity index is 2.87. The summed E-state index contributed by atoms with van der Waals surface area (Å²) in [7, 11) is 0. The molecule has 1 rings (SSSR count). The van der Waals surface area contributed by atoms with Crippen LogP contribution in [-0.4, -0.2) is 29.4 Å². The van der Waals surface area contributed by atoms with Crippen LogP contribution in [0.4, 0.5) is 4.39 Å². The van der Waals surface area contributed by atoms with Crippen molar-refractivity contribution in [3.8, 4) is 5.75 Å². The Kier molecular flexibility index (Phi) is 4.05. The Bertz CT molecular complexity index is 351. The zero-order chi connectivity index (χ0) is 11.3. The summed E-state index contributed by atoms with van der Waals surface area (Å²) in [6.07, 6.45) is 0.327. The maximum atomic E-state index is 13.2. The summed E-state index contributed by atoms with van der Waals surface area (Å²) in [6, 6.07) is 3.69. The van der Waals surface area contributed by atoms with Gasteiger partial charge in [0.15, 0.2) is 11.6 Å². The van der Waals surface area contributed by atoms with Gasteiger partial charge in [-0.2, -0.15) is 0 Å². The number of rotatable bonds is 5. The molecule has 2 N–H and O–H groups in total. The van der Waals surface area contributed by atoms with E-state index >= 15 is 0 Å². The summed E-state index contributed by atoms with van der Waals surface area (Å²) in [5, 5.41) is 17.3. The molecule has 0 aliphatic rings. The summed E-state index contributed by atoms with van der Waals surface area (Å²) in [6.45, 7) is -0.00539. The number of hydrogen-bond acceptors (Lipinski definition) is 3. The highest BCUT2D eigenvalue weighted by atomic mass is 19.1. The molecule has 0 unspecified atom stereocenters. The maximum absolute atomic E-state index is 13.2. The van der Waals surface area contributed by atoms with Gasteiger partial charge in [-0.3, -0.25) is 0 Å². The quantitative estimate of drug-likeness (QED) is 0.724. The van der Waals surface area contributed by atoms with Crippen LogP contribution >= 0.6 is 0 Å². The highest BCUT2D eigenvalue weighted by Crippen LogP contribution is 2.22. The van der Waals surface area contributed by atoms with Crippen LogP contribution < -0.4 is 4.74 Å². The van der Waals surface area contributed by atoms with Gasteiger partial charge in [0.2, 0.25) is 0 Å². The van der Waals surface area contributed by atoms with Gasteiger partial charge in [0.05, 0.1) is 6.61 Å². The predicted molar refractivity (Wildman–Crippen MR) is 50.6 cm³/mol. The second-order valence-electron chi connectivity index (χ2n) is 2.85.